The Kier molecular flexibility index (Phi) is 3.96. The van der Waals surface area contributed by atoms with Crippen molar-refractivity contribution in [3.8, 4) is 5.69 Å². The molecule has 0 bridgehead atoms. The predicted octanol–water partition coefficient (Wildman–Crippen LogP) is 2.71. The smallest absolute Gasteiger partial charge is 0.242 e. The van der Waals surface area contributed by atoms with Gasteiger partial charge in [0.1, 0.15) is 6.04 Å². The first-order valence-corrected chi connectivity index (χ1v) is 7.79. The molecule has 0 radical (unpaired) electrons. The van der Waals surface area contributed by atoms with Gasteiger partial charge in [-0.3, -0.25) is 4.79 Å². The van der Waals surface area contributed by atoms with Crippen LogP contribution in [0.2, 0.25) is 0 Å². The number of nitrogens with one attached hydrogen (secondary N) is 2. The van der Waals surface area contributed by atoms with Crippen molar-refractivity contribution in [3.05, 3.63) is 41.1 Å². The van der Waals surface area contributed by atoms with Crippen molar-refractivity contribution in [2.75, 3.05) is 5.32 Å². The van der Waals surface area contributed by atoms with Gasteiger partial charge in [-0.1, -0.05) is 12.1 Å². The number of rotatable bonds is 5. The third-order valence-corrected chi connectivity index (χ3v) is 4.05. The predicted molar refractivity (Wildman–Crippen MR) is 85.5 cm³/mol. The largest absolute Gasteiger partial charge is 0.371 e. The number of nitrogens with zero attached hydrogens (tertiary/aromatic N) is 2. The van der Waals surface area contributed by atoms with E-state index in [1.165, 1.54) is 0 Å². The first kappa shape index (κ1) is 14.1. The van der Waals surface area contributed by atoms with E-state index in [0.29, 0.717) is 6.04 Å². The first-order valence-electron chi connectivity index (χ1n) is 7.00. The number of benzene rings is 1. The molecule has 1 amide bonds. The highest BCUT2D eigenvalue weighted by Crippen LogP contribution is 2.22. The third-order valence-electron chi connectivity index (χ3n) is 3.38. The van der Waals surface area contributed by atoms with Gasteiger partial charge in [-0.25, -0.2) is 4.68 Å². The molecule has 0 saturated heterocycles. The topological polar surface area (TPSA) is 59.0 Å². The maximum Gasteiger partial charge on any atom is 0.242 e. The highest BCUT2D eigenvalue weighted by molar-refractivity contribution is 9.10. The summed E-state index contributed by atoms with van der Waals surface area (Å²) in [6.45, 7) is 1.85. The normalized spacial score (nSPS) is 15.5. The molecule has 110 valence electrons. The van der Waals surface area contributed by atoms with E-state index in [9.17, 15) is 4.79 Å². The van der Waals surface area contributed by atoms with Crippen LogP contribution >= 0.6 is 15.9 Å². The molecule has 0 unspecified atom stereocenters. The van der Waals surface area contributed by atoms with Crippen molar-refractivity contribution in [2.24, 2.45) is 0 Å². The van der Waals surface area contributed by atoms with Crippen molar-refractivity contribution in [1.29, 1.82) is 0 Å². The molecular weight excluding hydrogens is 332 g/mol. The Hall–Kier alpha value is -1.82. The van der Waals surface area contributed by atoms with Crippen LogP contribution in [-0.4, -0.2) is 27.8 Å². The van der Waals surface area contributed by atoms with Crippen LogP contribution in [0.25, 0.3) is 5.69 Å². The van der Waals surface area contributed by atoms with E-state index in [1.807, 2.05) is 37.4 Å². The lowest BCUT2D eigenvalue weighted by Gasteiger charge is -2.13. The summed E-state index contributed by atoms with van der Waals surface area (Å²) in [5.41, 5.74) is 1.78. The Balaban J connectivity index is 1.67. The highest BCUT2D eigenvalue weighted by Gasteiger charge is 2.25. The molecular formula is C15H17BrN4O. The van der Waals surface area contributed by atoms with Gasteiger partial charge < -0.3 is 10.6 Å². The van der Waals surface area contributed by atoms with E-state index in [1.54, 1.807) is 10.9 Å². The van der Waals surface area contributed by atoms with E-state index >= 15 is 0 Å². The van der Waals surface area contributed by atoms with Crippen molar-refractivity contribution in [1.82, 2.24) is 15.1 Å². The van der Waals surface area contributed by atoms with Crippen molar-refractivity contribution < 1.29 is 4.79 Å². The fourth-order valence-electron chi connectivity index (χ4n) is 2.04. The Bertz CT molecular complexity index is 651. The van der Waals surface area contributed by atoms with Crippen molar-refractivity contribution in [3.63, 3.8) is 0 Å². The minimum absolute atomic E-state index is 0.0335. The van der Waals surface area contributed by atoms with Gasteiger partial charge in [0, 0.05) is 10.5 Å². The number of anilines is 1. The molecule has 2 N–H and O–H groups in total. The summed E-state index contributed by atoms with van der Waals surface area (Å²) in [6, 6.07) is 7.97. The van der Waals surface area contributed by atoms with Crippen LogP contribution in [0.3, 0.4) is 0 Å². The van der Waals surface area contributed by atoms with Crippen LogP contribution in [0.4, 0.5) is 5.69 Å². The standard InChI is InChI=1S/C15H17BrN4O/c1-10(15(21)19-11-6-7-11)18-12-8-17-20(9-12)14-5-3-2-4-13(14)16/h2-5,8-11,18H,6-7H2,1H3,(H,19,21)/t10-/m0/s1. The minimum atomic E-state index is -0.275. The lowest BCUT2D eigenvalue weighted by molar-refractivity contribution is -0.121. The molecule has 1 atom stereocenters. The van der Waals surface area contributed by atoms with Gasteiger partial charge in [0.15, 0.2) is 0 Å². The second-order valence-corrected chi connectivity index (χ2v) is 6.13. The van der Waals surface area contributed by atoms with Crippen LogP contribution in [0.1, 0.15) is 19.8 Å². The molecule has 5 nitrogen and oxygen atoms in total. The molecule has 21 heavy (non-hydrogen) atoms. The van der Waals surface area contributed by atoms with Gasteiger partial charge >= 0.3 is 0 Å². The molecule has 1 aromatic heterocycles. The number of carbonyl (C=O) groups excluding carboxylic acids is 1. The number of aromatic nitrogens is 2. The second kappa shape index (κ2) is 5.89. The summed E-state index contributed by atoms with van der Waals surface area (Å²) < 4.78 is 2.75. The maximum atomic E-state index is 11.9. The maximum absolute atomic E-state index is 11.9. The summed E-state index contributed by atoms with van der Waals surface area (Å²) in [4.78, 5) is 11.9. The Labute approximate surface area is 131 Å². The zero-order chi connectivity index (χ0) is 14.8. The summed E-state index contributed by atoms with van der Waals surface area (Å²) in [5, 5.41) is 10.5. The van der Waals surface area contributed by atoms with Crippen LogP contribution < -0.4 is 10.6 Å². The average molecular weight is 349 g/mol. The second-order valence-electron chi connectivity index (χ2n) is 5.27. The van der Waals surface area contributed by atoms with Crippen molar-refractivity contribution in [2.45, 2.75) is 31.8 Å². The zero-order valence-electron chi connectivity index (χ0n) is 11.7. The van der Waals surface area contributed by atoms with E-state index < -0.39 is 0 Å². The van der Waals surface area contributed by atoms with Crippen LogP contribution in [-0.2, 0) is 4.79 Å². The lowest BCUT2D eigenvalue weighted by atomic mass is 10.3. The number of amides is 1. The van der Waals surface area contributed by atoms with Crippen LogP contribution in [0.5, 0.6) is 0 Å². The number of hydrogen-bond donors (Lipinski definition) is 2. The summed E-state index contributed by atoms with van der Waals surface area (Å²) in [6.07, 6.45) is 5.79. The van der Waals surface area contributed by atoms with Gasteiger partial charge in [-0.05, 0) is 47.8 Å². The highest BCUT2D eigenvalue weighted by atomic mass is 79.9. The number of carbonyl (C=O) groups is 1. The quantitative estimate of drug-likeness (QED) is 0.873. The Morgan fingerprint density at radius 1 is 1.43 bits per heavy atom. The average Bonchev–Trinajstić information content (AvgIpc) is 3.16. The minimum Gasteiger partial charge on any atom is -0.371 e. The SMILES string of the molecule is C[C@H](Nc1cnn(-c2ccccc2Br)c1)C(=O)NC1CC1. The Morgan fingerprint density at radius 3 is 2.90 bits per heavy atom. The van der Waals surface area contributed by atoms with Gasteiger partial charge in [0.25, 0.3) is 0 Å². The van der Waals surface area contributed by atoms with Crippen LogP contribution in [0, 0.1) is 0 Å². The van der Waals surface area contributed by atoms with E-state index in [0.717, 1.165) is 28.7 Å². The first-order chi connectivity index (χ1) is 10.1. The van der Waals surface area contributed by atoms with Gasteiger partial charge in [-0.2, -0.15) is 5.10 Å². The number of halogens is 1. The molecule has 1 saturated carbocycles. The molecule has 1 heterocycles. The van der Waals surface area contributed by atoms with E-state index in [2.05, 4.69) is 31.7 Å². The van der Waals surface area contributed by atoms with Gasteiger partial charge in [0.05, 0.1) is 23.8 Å². The van der Waals surface area contributed by atoms with E-state index in [4.69, 9.17) is 0 Å². The Morgan fingerprint density at radius 2 is 2.19 bits per heavy atom. The molecule has 2 aromatic rings. The molecule has 1 aromatic carbocycles. The number of hydrogen-bond acceptors (Lipinski definition) is 3. The van der Waals surface area contributed by atoms with Crippen molar-refractivity contribution >= 4 is 27.5 Å². The molecule has 3 rings (SSSR count). The zero-order valence-corrected chi connectivity index (χ0v) is 13.3. The summed E-state index contributed by atoms with van der Waals surface area (Å²) in [5.74, 6) is 0.0335. The molecule has 1 fully saturated rings. The third kappa shape index (κ3) is 3.44. The number of para-hydroxylation sites is 1. The summed E-state index contributed by atoms with van der Waals surface area (Å²) >= 11 is 3.51. The fourth-order valence-corrected chi connectivity index (χ4v) is 2.50. The monoisotopic (exact) mass is 348 g/mol. The lowest BCUT2D eigenvalue weighted by Crippen LogP contribution is -2.38. The molecule has 1 aliphatic carbocycles. The molecule has 1 aliphatic rings. The summed E-state index contributed by atoms with van der Waals surface area (Å²) in [7, 11) is 0. The van der Waals surface area contributed by atoms with E-state index in [-0.39, 0.29) is 11.9 Å². The van der Waals surface area contributed by atoms with Gasteiger partial charge in [-0.15, -0.1) is 0 Å². The molecule has 0 spiro atoms. The van der Waals surface area contributed by atoms with Gasteiger partial charge in [0.2, 0.25) is 5.91 Å². The molecule has 0 aliphatic heterocycles. The van der Waals surface area contributed by atoms with Crippen LogP contribution in [0.15, 0.2) is 41.1 Å². The fraction of sp³-hybridized carbons (Fsp3) is 0.333. The molecule has 6 heteroatoms.